The normalized spacial score (nSPS) is 23.5. The Kier molecular flexibility index (Phi) is 5.41. The number of rotatable bonds is 4. The molecule has 8 heteroatoms. The van der Waals surface area contributed by atoms with Gasteiger partial charge in [-0.3, -0.25) is 19.3 Å². The molecule has 2 fully saturated rings. The van der Waals surface area contributed by atoms with Crippen molar-refractivity contribution in [3.05, 3.63) is 28.7 Å². The van der Waals surface area contributed by atoms with Gasteiger partial charge in [0.05, 0.1) is 5.69 Å². The van der Waals surface area contributed by atoms with Gasteiger partial charge in [-0.05, 0) is 46.8 Å². The molecule has 2 aliphatic rings. The number of imide groups is 2. The number of benzene rings is 1. The molecule has 1 aromatic rings. The average Bonchev–Trinajstić information content (AvgIpc) is 2.81. The Morgan fingerprint density at radius 1 is 1.15 bits per heavy atom. The maximum absolute atomic E-state index is 12.6. The molecular weight excluding hydrogens is 402 g/mol. The average molecular weight is 422 g/mol. The third kappa shape index (κ3) is 3.51. The lowest BCUT2D eigenvalue weighted by Crippen LogP contribution is -2.46. The van der Waals surface area contributed by atoms with Crippen molar-refractivity contribution in [2.24, 2.45) is 5.92 Å². The third-order valence-corrected chi connectivity index (χ3v) is 5.62. The van der Waals surface area contributed by atoms with Crippen molar-refractivity contribution in [1.82, 2.24) is 9.80 Å². The number of carbonyl (C=O) groups excluding carboxylic acids is 4. The van der Waals surface area contributed by atoms with Gasteiger partial charge in [-0.1, -0.05) is 31.9 Å². The van der Waals surface area contributed by atoms with Crippen LogP contribution in [0, 0.1) is 5.92 Å². The molecule has 1 aromatic carbocycles. The minimum Gasteiger partial charge on any atom is -0.323 e. The van der Waals surface area contributed by atoms with Crippen molar-refractivity contribution in [2.45, 2.75) is 38.6 Å². The molecule has 1 aliphatic carbocycles. The van der Waals surface area contributed by atoms with Gasteiger partial charge < -0.3 is 5.32 Å². The fourth-order valence-electron chi connectivity index (χ4n) is 3.53. The first-order valence-corrected chi connectivity index (χ1v) is 9.43. The molecule has 138 valence electrons. The second-order valence-corrected chi connectivity index (χ2v) is 7.56. The van der Waals surface area contributed by atoms with Crippen molar-refractivity contribution in [3.63, 3.8) is 0 Å². The minimum atomic E-state index is -0.935. The minimum absolute atomic E-state index is 0.151. The highest BCUT2D eigenvalue weighted by molar-refractivity contribution is 9.10. The van der Waals surface area contributed by atoms with Gasteiger partial charge in [0.1, 0.15) is 6.54 Å². The summed E-state index contributed by atoms with van der Waals surface area (Å²) in [7, 11) is 0. The number of amides is 5. The summed E-state index contributed by atoms with van der Waals surface area (Å²) in [5.41, 5.74) is 0.528. The third-order valence-electron chi connectivity index (χ3n) is 4.93. The largest absolute Gasteiger partial charge is 0.334 e. The van der Waals surface area contributed by atoms with Crippen LogP contribution in [0.15, 0.2) is 28.7 Å². The van der Waals surface area contributed by atoms with Gasteiger partial charge in [0.25, 0.3) is 0 Å². The van der Waals surface area contributed by atoms with Gasteiger partial charge in [-0.15, -0.1) is 0 Å². The van der Waals surface area contributed by atoms with Crippen molar-refractivity contribution >= 4 is 45.4 Å². The highest BCUT2D eigenvalue weighted by atomic mass is 79.9. The fraction of sp³-hybridized carbons (Fsp3) is 0.444. The monoisotopic (exact) mass is 421 g/mol. The summed E-state index contributed by atoms with van der Waals surface area (Å²) in [6, 6.07) is 6.04. The molecule has 1 saturated carbocycles. The lowest BCUT2D eigenvalue weighted by molar-refractivity contribution is -0.145. The van der Waals surface area contributed by atoms with Crippen molar-refractivity contribution in [1.29, 1.82) is 0 Å². The van der Waals surface area contributed by atoms with Crippen molar-refractivity contribution in [3.8, 4) is 0 Å². The van der Waals surface area contributed by atoms with E-state index >= 15 is 0 Å². The van der Waals surface area contributed by atoms with Gasteiger partial charge in [-0.25, -0.2) is 9.69 Å². The summed E-state index contributed by atoms with van der Waals surface area (Å²) < 4.78 is 0.682. The van der Waals surface area contributed by atoms with Crippen LogP contribution in [0.1, 0.15) is 32.6 Å². The van der Waals surface area contributed by atoms with E-state index in [-0.39, 0.29) is 12.0 Å². The van der Waals surface area contributed by atoms with Crippen LogP contribution in [-0.4, -0.2) is 46.1 Å². The molecule has 0 radical (unpaired) electrons. The predicted molar refractivity (Wildman–Crippen MR) is 98.1 cm³/mol. The summed E-state index contributed by atoms with van der Waals surface area (Å²) in [5.74, 6) is -2.15. The molecule has 1 aliphatic heterocycles. The Morgan fingerprint density at radius 3 is 2.54 bits per heavy atom. The van der Waals surface area contributed by atoms with Crippen LogP contribution in [0.25, 0.3) is 0 Å². The molecule has 5 amide bonds. The lowest BCUT2D eigenvalue weighted by atomic mass is 9.85. The summed E-state index contributed by atoms with van der Waals surface area (Å²) in [6.45, 7) is 1.50. The molecule has 2 atom stereocenters. The van der Waals surface area contributed by atoms with Crippen molar-refractivity contribution in [2.75, 3.05) is 11.9 Å². The van der Waals surface area contributed by atoms with E-state index in [0.29, 0.717) is 16.6 Å². The topological polar surface area (TPSA) is 86.8 Å². The van der Waals surface area contributed by atoms with E-state index in [2.05, 4.69) is 21.2 Å². The van der Waals surface area contributed by atoms with Gasteiger partial charge in [-0.2, -0.15) is 0 Å². The van der Waals surface area contributed by atoms with E-state index in [0.717, 1.165) is 29.1 Å². The van der Waals surface area contributed by atoms with Crippen LogP contribution >= 0.6 is 15.9 Å². The summed E-state index contributed by atoms with van der Waals surface area (Å²) >= 11 is 3.31. The number of halogens is 1. The highest BCUT2D eigenvalue weighted by Crippen LogP contribution is 2.31. The number of urea groups is 1. The zero-order valence-corrected chi connectivity index (χ0v) is 16.0. The molecule has 1 saturated heterocycles. The van der Waals surface area contributed by atoms with Crippen LogP contribution < -0.4 is 5.32 Å². The molecule has 1 N–H and O–H groups in total. The molecule has 0 aromatic heterocycles. The van der Waals surface area contributed by atoms with Crippen LogP contribution in [0.4, 0.5) is 10.5 Å². The second-order valence-electron chi connectivity index (χ2n) is 6.71. The molecule has 0 spiro atoms. The number of anilines is 1. The first-order chi connectivity index (χ1) is 12.4. The predicted octanol–water partition coefficient (Wildman–Crippen LogP) is 2.76. The number of carbonyl (C=O) groups is 4. The van der Waals surface area contributed by atoms with Crippen LogP contribution in [0.3, 0.4) is 0 Å². The van der Waals surface area contributed by atoms with Crippen molar-refractivity contribution < 1.29 is 19.2 Å². The Labute approximate surface area is 159 Å². The summed E-state index contributed by atoms with van der Waals surface area (Å²) in [6.07, 6.45) is 3.59. The van der Waals surface area contributed by atoms with E-state index in [1.807, 2.05) is 6.92 Å². The van der Waals surface area contributed by atoms with E-state index in [4.69, 9.17) is 0 Å². The summed E-state index contributed by atoms with van der Waals surface area (Å²) in [4.78, 5) is 51.3. The smallest absolute Gasteiger partial charge is 0.323 e. The Bertz CT molecular complexity index is 767. The zero-order valence-electron chi connectivity index (χ0n) is 14.4. The maximum atomic E-state index is 12.6. The molecular formula is C18H20BrN3O4. The number of hydrogen-bond donors (Lipinski definition) is 1. The quantitative estimate of drug-likeness (QED) is 0.597. The van der Waals surface area contributed by atoms with Gasteiger partial charge in [0, 0.05) is 10.5 Å². The van der Waals surface area contributed by atoms with Crippen LogP contribution in [-0.2, 0) is 14.4 Å². The standard InChI is InChI=1S/C18H20BrN3O4/c1-11-6-2-5-9-14(11)22-17(25)16(24)21(18(22)26)10-15(23)20-13-8-4-3-7-12(13)19/h3-4,7-8,11,14H,2,5-6,9-10H2,1H3,(H,20,23)/t11-,14+/m0/s1. The molecule has 0 unspecified atom stereocenters. The Balaban J connectivity index is 1.71. The van der Waals surface area contributed by atoms with Gasteiger partial charge in [0.2, 0.25) is 5.91 Å². The molecule has 3 rings (SSSR count). The highest BCUT2D eigenvalue weighted by Gasteiger charge is 2.49. The molecule has 0 bridgehead atoms. The van der Waals surface area contributed by atoms with Gasteiger partial charge in [0.15, 0.2) is 0 Å². The van der Waals surface area contributed by atoms with E-state index in [1.54, 1.807) is 24.3 Å². The fourth-order valence-corrected chi connectivity index (χ4v) is 3.91. The first-order valence-electron chi connectivity index (χ1n) is 8.63. The number of nitrogens with zero attached hydrogens (tertiary/aromatic N) is 2. The SMILES string of the molecule is C[C@H]1CCCC[C@H]1N1C(=O)C(=O)N(CC(=O)Nc2ccccc2Br)C1=O. The maximum Gasteiger partial charge on any atom is 0.334 e. The van der Waals surface area contributed by atoms with E-state index in [1.165, 1.54) is 0 Å². The number of hydrogen-bond acceptors (Lipinski definition) is 4. The Morgan fingerprint density at radius 2 is 1.85 bits per heavy atom. The Hall–Kier alpha value is -2.22. The second kappa shape index (κ2) is 7.57. The van der Waals surface area contributed by atoms with Crippen LogP contribution in [0.2, 0.25) is 0 Å². The number of para-hydroxylation sites is 1. The summed E-state index contributed by atoms with van der Waals surface area (Å²) in [5, 5.41) is 2.63. The van der Waals surface area contributed by atoms with E-state index in [9.17, 15) is 19.2 Å². The molecule has 7 nitrogen and oxygen atoms in total. The first kappa shape index (κ1) is 18.6. The zero-order chi connectivity index (χ0) is 18.8. The lowest BCUT2D eigenvalue weighted by Gasteiger charge is -2.34. The van der Waals surface area contributed by atoms with Crippen LogP contribution in [0.5, 0.6) is 0 Å². The molecule has 26 heavy (non-hydrogen) atoms. The number of nitrogens with one attached hydrogen (secondary N) is 1. The van der Waals surface area contributed by atoms with E-state index < -0.39 is 30.3 Å². The van der Waals surface area contributed by atoms with Gasteiger partial charge >= 0.3 is 17.8 Å². The molecule has 1 heterocycles.